The van der Waals surface area contributed by atoms with E-state index in [1.54, 1.807) is 48.4 Å². The molecule has 1 fully saturated rings. The predicted molar refractivity (Wildman–Crippen MR) is 124 cm³/mol. The Morgan fingerprint density at radius 1 is 1.13 bits per heavy atom. The standard InChI is InChI=1S/C22H22ClN3O4.ClH/c1-29-18-5-6-20-19(13-18)15(11-21(27)30-20)14-25-7-9-26(10-8-25)22(28)24-17-4-2-3-16(23)12-17;/h2-6,11-13H,7-10,14H2,1H3,(H,24,28);1H. The first-order chi connectivity index (χ1) is 14.5. The van der Waals surface area contributed by atoms with E-state index >= 15 is 0 Å². The van der Waals surface area contributed by atoms with Crippen LogP contribution in [0.3, 0.4) is 0 Å². The number of hydrogen-bond acceptors (Lipinski definition) is 5. The summed E-state index contributed by atoms with van der Waals surface area (Å²) in [6.45, 7) is 3.19. The van der Waals surface area contributed by atoms with E-state index in [1.807, 2.05) is 6.07 Å². The highest BCUT2D eigenvalue weighted by molar-refractivity contribution is 6.30. The number of methoxy groups -OCH3 is 1. The number of benzene rings is 2. The molecule has 0 radical (unpaired) electrons. The molecule has 2 amide bonds. The van der Waals surface area contributed by atoms with Crippen molar-refractivity contribution in [2.75, 3.05) is 38.6 Å². The number of ether oxygens (including phenoxy) is 1. The molecule has 1 N–H and O–H groups in total. The van der Waals surface area contributed by atoms with E-state index in [1.165, 1.54) is 6.07 Å². The second-order valence-corrected chi connectivity index (χ2v) is 7.59. The topological polar surface area (TPSA) is 75.0 Å². The van der Waals surface area contributed by atoms with Gasteiger partial charge in [0.2, 0.25) is 0 Å². The van der Waals surface area contributed by atoms with Crippen molar-refractivity contribution in [3.8, 4) is 5.75 Å². The minimum absolute atomic E-state index is 0. The Balaban J connectivity index is 0.00000272. The third kappa shape index (κ3) is 5.50. The van der Waals surface area contributed by atoms with Crippen LogP contribution in [-0.4, -0.2) is 49.1 Å². The molecule has 4 rings (SSSR count). The van der Waals surface area contributed by atoms with Gasteiger partial charge in [-0.3, -0.25) is 4.90 Å². The molecule has 1 saturated heterocycles. The van der Waals surface area contributed by atoms with Gasteiger partial charge in [0.15, 0.2) is 0 Å². The lowest BCUT2D eigenvalue weighted by Gasteiger charge is -2.34. The number of fused-ring (bicyclic) bond motifs is 1. The van der Waals surface area contributed by atoms with Gasteiger partial charge in [0.05, 0.1) is 7.11 Å². The van der Waals surface area contributed by atoms with E-state index in [-0.39, 0.29) is 24.1 Å². The van der Waals surface area contributed by atoms with Crippen LogP contribution in [0.4, 0.5) is 10.5 Å². The van der Waals surface area contributed by atoms with Crippen LogP contribution in [-0.2, 0) is 6.54 Å². The predicted octanol–water partition coefficient (Wildman–Crippen LogP) is 4.23. The quantitative estimate of drug-likeness (QED) is 0.586. The molecule has 2 aromatic carbocycles. The van der Waals surface area contributed by atoms with E-state index in [0.29, 0.717) is 54.8 Å². The number of carbonyl (C=O) groups excluding carboxylic acids is 1. The molecule has 0 saturated carbocycles. The average Bonchev–Trinajstić information content (AvgIpc) is 2.74. The molecule has 0 spiro atoms. The molecule has 0 atom stereocenters. The van der Waals surface area contributed by atoms with Gasteiger partial charge in [-0.25, -0.2) is 9.59 Å². The van der Waals surface area contributed by atoms with E-state index in [9.17, 15) is 9.59 Å². The van der Waals surface area contributed by atoms with Crippen LogP contribution < -0.4 is 15.7 Å². The number of nitrogens with one attached hydrogen (secondary N) is 1. The molecule has 0 bridgehead atoms. The number of rotatable bonds is 4. The van der Waals surface area contributed by atoms with E-state index in [2.05, 4.69) is 10.2 Å². The lowest BCUT2D eigenvalue weighted by molar-refractivity contribution is 0.143. The first-order valence-corrected chi connectivity index (χ1v) is 10.0. The maximum atomic E-state index is 12.5. The summed E-state index contributed by atoms with van der Waals surface area (Å²) in [7, 11) is 1.60. The fourth-order valence-electron chi connectivity index (χ4n) is 3.58. The summed E-state index contributed by atoms with van der Waals surface area (Å²) in [6, 6.07) is 13.9. The van der Waals surface area contributed by atoms with Crippen molar-refractivity contribution in [1.82, 2.24) is 9.80 Å². The smallest absolute Gasteiger partial charge is 0.336 e. The second kappa shape index (κ2) is 10.0. The van der Waals surface area contributed by atoms with Crippen LogP contribution in [0, 0.1) is 0 Å². The van der Waals surface area contributed by atoms with Crippen LogP contribution in [0.5, 0.6) is 5.75 Å². The number of anilines is 1. The van der Waals surface area contributed by atoms with Gasteiger partial charge in [-0.05, 0) is 42.0 Å². The first kappa shape index (κ1) is 22.9. The van der Waals surface area contributed by atoms with Gasteiger partial charge < -0.3 is 19.4 Å². The molecule has 1 aliphatic heterocycles. The summed E-state index contributed by atoms with van der Waals surface area (Å²) in [5.74, 6) is 0.708. The maximum Gasteiger partial charge on any atom is 0.336 e. The van der Waals surface area contributed by atoms with Crippen LogP contribution in [0.15, 0.2) is 57.7 Å². The normalized spacial score (nSPS) is 14.2. The van der Waals surface area contributed by atoms with Crippen molar-refractivity contribution in [1.29, 1.82) is 0 Å². The fraction of sp³-hybridized carbons (Fsp3) is 0.273. The molecule has 3 aromatic rings. The van der Waals surface area contributed by atoms with E-state index in [0.717, 1.165) is 10.9 Å². The van der Waals surface area contributed by atoms with Gasteiger partial charge in [0, 0.05) is 54.9 Å². The minimum Gasteiger partial charge on any atom is -0.497 e. The number of carbonyl (C=O) groups is 1. The molecular formula is C22H23Cl2N3O4. The Hall–Kier alpha value is -2.74. The van der Waals surface area contributed by atoms with Crippen molar-refractivity contribution >= 4 is 46.7 Å². The fourth-order valence-corrected chi connectivity index (χ4v) is 3.77. The highest BCUT2D eigenvalue weighted by Gasteiger charge is 2.22. The lowest BCUT2D eigenvalue weighted by atomic mass is 10.1. The van der Waals surface area contributed by atoms with Gasteiger partial charge in [-0.1, -0.05) is 17.7 Å². The van der Waals surface area contributed by atoms with Crippen LogP contribution >= 0.6 is 24.0 Å². The highest BCUT2D eigenvalue weighted by atomic mass is 35.5. The third-order valence-electron chi connectivity index (χ3n) is 5.16. The Morgan fingerprint density at radius 3 is 2.61 bits per heavy atom. The van der Waals surface area contributed by atoms with Crippen LogP contribution in [0.2, 0.25) is 5.02 Å². The zero-order chi connectivity index (χ0) is 21.1. The Kier molecular flexibility index (Phi) is 7.43. The van der Waals surface area contributed by atoms with E-state index in [4.69, 9.17) is 20.8 Å². The highest BCUT2D eigenvalue weighted by Crippen LogP contribution is 2.24. The number of halogens is 2. The molecule has 9 heteroatoms. The SMILES string of the molecule is COc1ccc2oc(=O)cc(CN3CCN(C(=O)Nc4cccc(Cl)c4)CC3)c2c1.Cl. The van der Waals surface area contributed by atoms with Gasteiger partial charge >= 0.3 is 11.7 Å². The first-order valence-electron chi connectivity index (χ1n) is 9.66. The molecule has 1 aromatic heterocycles. The van der Waals surface area contributed by atoms with Gasteiger partial charge in [-0.15, -0.1) is 12.4 Å². The maximum absolute atomic E-state index is 12.5. The molecule has 1 aliphatic rings. The second-order valence-electron chi connectivity index (χ2n) is 7.16. The number of piperazine rings is 1. The van der Waals surface area contributed by atoms with Gasteiger partial charge in [-0.2, -0.15) is 0 Å². The molecule has 164 valence electrons. The Labute approximate surface area is 190 Å². The molecule has 0 aliphatic carbocycles. The lowest BCUT2D eigenvalue weighted by Crippen LogP contribution is -2.49. The number of urea groups is 1. The van der Waals surface area contributed by atoms with Crippen molar-refractivity contribution in [2.45, 2.75) is 6.54 Å². The van der Waals surface area contributed by atoms with Gasteiger partial charge in [0.25, 0.3) is 0 Å². The van der Waals surface area contributed by atoms with Crippen molar-refractivity contribution in [2.24, 2.45) is 0 Å². The number of amides is 2. The van der Waals surface area contributed by atoms with Crippen LogP contribution in [0.1, 0.15) is 5.56 Å². The van der Waals surface area contributed by atoms with Gasteiger partial charge in [0.1, 0.15) is 11.3 Å². The number of hydrogen-bond donors (Lipinski definition) is 1. The summed E-state index contributed by atoms with van der Waals surface area (Å²) in [5.41, 5.74) is 1.73. The van der Waals surface area contributed by atoms with Crippen molar-refractivity contribution in [3.05, 3.63) is 69.5 Å². The molecular weight excluding hydrogens is 441 g/mol. The molecule has 7 nitrogen and oxygen atoms in total. The molecule has 0 unspecified atom stereocenters. The van der Waals surface area contributed by atoms with Crippen LogP contribution in [0.25, 0.3) is 11.0 Å². The summed E-state index contributed by atoms with van der Waals surface area (Å²) in [5, 5.41) is 4.31. The molecule has 31 heavy (non-hydrogen) atoms. The average molecular weight is 464 g/mol. The third-order valence-corrected chi connectivity index (χ3v) is 5.40. The largest absolute Gasteiger partial charge is 0.497 e. The molecule has 2 heterocycles. The van der Waals surface area contributed by atoms with E-state index < -0.39 is 0 Å². The summed E-state index contributed by atoms with van der Waals surface area (Å²) in [6.07, 6.45) is 0. The van der Waals surface area contributed by atoms with Crippen molar-refractivity contribution in [3.63, 3.8) is 0 Å². The Morgan fingerprint density at radius 2 is 1.90 bits per heavy atom. The van der Waals surface area contributed by atoms with Crippen molar-refractivity contribution < 1.29 is 13.9 Å². The summed E-state index contributed by atoms with van der Waals surface area (Å²) < 4.78 is 10.6. The minimum atomic E-state index is -0.373. The zero-order valence-corrected chi connectivity index (χ0v) is 18.5. The Bertz CT molecular complexity index is 1130. The zero-order valence-electron chi connectivity index (χ0n) is 17.0. The summed E-state index contributed by atoms with van der Waals surface area (Å²) >= 11 is 5.97. The number of nitrogens with zero attached hydrogens (tertiary/aromatic N) is 2. The monoisotopic (exact) mass is 463 g/mol. The summed E-state index contributed by atoms with van der Waals surface area (Å²) in [4.78, 5) is 28.5.